The Bertz CT molecular complexity index is 2830. The zero-order valence-corrected chi connectivity index (χ0v) is 43.5. The van der Waals surface area contributed by atoms with Crippen LogP contribution in [0.4, 0.5) is 17.2 Å². The van der Waals surface area contributed by atoms with Crippen LogP contribution in [0.15, 0.2) is 48.8 Å². The van der Waals surface area contributed by atoms with E-state index in [-0.39, 0.29) is 53.5 Å². The van der Waals surface area contributed by atoms with Crippen LogP contribution in [-0.2, 0) is 29.4 Å². The number of hydrogen-bond acceptors (Lipinski definition) is 10. The first kappa shape index (κ1) is 48.1. The van der Waals surface area contributed by atoms with Gasteiger partial charge in [0.25, 0.3) is 0 Å². The summed E-state index contributed by atoms with van der Waals surface area (Å²) in [5, 5.41) is 6.19. The van der Waals surface area contributed by atoms with Gasteiger partial charge in [0.1, 0.15) is 5.52 Å². The van der Waals surface area contributed by atoms with Crippen molar-refractivity contribution in [3.05, 3.63) is 65.5 Å². The molecule has 15 nitrogen and oxygen atoms in total. The minimum Gasteiger partial charge on any atom is -0.371 e. The normalized spacial score (nSPS) is 25.6. The Kier molecular flexibility index (Phi) is 12.4. The third-order valence-corrected chi connectivity index (χ3v) is 18.8. The van der Waals surface area contributed by atoms with Crippen LogP contribution in [-0.4, -0.2) is 129 Å². The van der Waals surface area contributed by atoms with E-state index in [0.29, 0.717) is 76.8 Å². The predicted octanol–water partition coefficient (Wildman–Crippen LogP) is 7.85. The average Bonchev–Trinajstić information content (AvgIpc) is 4.05. The number of benzene rings is 2. The standard InChI is InChI=1S/C58H74N10O5/c1-36(2)67-35-59-48-34-47(61-52(51(48)67)60-40-9-10-40)39-8-14-46-49(31-39)68(43-32-42(33-43)63-22-6-5-7-23-63)56(73)58(46)20-28-66(29-21-58)55(72)57(4)18-26-65(27-19-57)54(71)38-16-24-64(25-17-38)41-11-12-44(37(3)30-41)45-13-15-50(69)62-53(45)70/h8,11-12,14,30-31,34-36,38,40,42-43,45H,5-7,9-10,13,15-29,32-33H2,1-4H3,(H,60,61)(H,62,69,70)/t42?,43?,45-/m1/s1. The first-order valence-corrected chi connectivity index (χ1v) is 27.9. The number of fused-ring (bicyclic) bond motifs is 3. The van der Waals surface area contributed by atoms with Crippen LogP contribution in [0, 0.1) is 18.3 Å². The Morgan fingerprint density at radius 1 is 0.795 bits per heavy atom. The number of aryl methyl sites for hydroxylation is 1. The van der Waals surface area contributed by atoms with Crippen molar-refractivity contribution in [3.8, 4) is 11.3 Å². The molecule has 1 spiro atoms. The minimum absolute atomic E-state index is 0.0483. The molecule has 12 rings (SSSR count). The number of rotatable bonds is 10. The van der Waals surface area contributed by atoms with E-state index in [4.69, 9.17) is 9.97 Å². The molecule has 0 unspecified atom stereocenters. The molecule has 8 heterocycles. The summed E-state index contributed by atoms with van der Waals surface area (Å²) < 4.78 is 2.20. The van der Waals surface area contributed by atoms with Gasteiger partial charge >= 0.3 is 0 Å². The van der Waals surface area contributed by atoms with Crippen molar-refractivity contribution in [3.63, 3.8) is 0 Å². The van der Waals surface area contributed by atoms with Gasteiger partial charge < -0.3 is 34.4 Å². The van der Waals surface area contributed by atoms with Crippen LogP contribution in [0.5, 0.6) is 0 Å². The third-order valence-electron chi connectivity index (χ3n) is 18.8. The van der Waals surface area contributed by atoms with Gasteiger partial charge in [-0.05, 0) is 158 Å². The van der Waals surface area contributed by atoms with Gasteiger partial charge in [0, 0.05) is 98.1 Å². The summed E-state index contributed by atoms with van der Waals surface area (Å²) in [7, 11) is 0. The molecule has 4 aromatic rings. The van der Waals surface area contributed by atoms with E-state index in [0.717, 1.165) is 121 Å². The summed E-state index contributed by atoms with van der Waals surface area (Å²) in [6.07, 6.45) is 14.9. The largest absolute Gasteiger partial charge is 0.371 e. The maximum Gasteiger partial charge on any atom is 0.238 e. The fraction of sp³-hybridized carbons (Fsp3) is 0.603. The number of nitrogens with one attached hydrogen (secondary N) is 2. The molecule has 0 bridgehead atoms. The van der Waals surface area contributed by atoms with Crippen molar-refractivity contribution in [1.82, 2.24) is 34.6 Å². The predicted molar refractivity (Wildman–Crippen MR) is 282 cm³/mol. The zero-order valence-electron chi connectivity index (χ0n) is 43.5. The number of carbonyl (C=O) groups excluding carboxylic acids is 5. The molecule has 15 heteroatoms. The highest BCUT2D eigenvalue weighted by Crippen LogP contribution is 2.53. The number of amides is 5. The summed E-state index contributed by atoms with van der Waals surface area (Å²) in [4.78, 5) is 89.6. The monoisotopic (exact) mass is 991 g/mol. The average molecular weight is 991 g/mol. The number of nitrogens with zero attached hydrogens (tertiary/aromatic N) is 8. The fourth-order valence-corrected chi connectivity index (χ4v) is 13.9. The van der Waals surface area contributed by atoms with Crippen molar-refractivity contribution >= 4 is 57.8 Å². The number of likely N-dealkylation sites (tertiary alicyclic amines) is 3. The number of imide groups is 1. The van der Waals surface area contributed by atoms with Gasteiger partial charge in [-0.2, -0.15) is 0 Å². The third kappa shape index (κ3) is 8.68. The van der Waals surface area contributed by atoms with Crippen LogP contribution in [0.1, 0.15) is 146 Å². The molecule has 0 radical (unpaired) electrons. The van der Waals surface area contributed by atoms with Crippen molar-refractivity contribution in [1.29, 1.82) is 0 Å². The molecule has 2 saturated carbocycles. The maximum absolute atomic E-state index is 15.3. The number of anilines is 3. The lowest BCUT2D eigenvalue weighted by Gasteiger charge is -2.48. The molecule has 1 atom stereocenters. The Labute approximate surface area is 429 Å². The molecule has 2 aromatic carbocycles. The molecule has 2 N–H and O–H groups in total. The lowest BCUT2D eigenvalue weighted by molar-refractivity contribution is -0.150. The number of piperidine rings is 5. The topological polar surface area (TPSA) is 156 Å². The van der Waals surface area contributed by atoms with E-state index >= 15 is 4.79 Å². The second kappa shape index (κ2) is 18.8. The molecule has 7 fully saturated rings. The van der Waals surface area contributed by atoms with E-state index in [1.165, 1.54) is 19.3 Å². The van der Waals surface area contributed by atoms with Crippen molar-refractivity contribution in [2.45, 2.75) is 160 Å². The van der Waals surface area contributed by atoms with E-state index in [9.17, 15) is 19.2 Å². The molecule has 2 aliphatic carbocycles. The quantitative estimate of drug-likeness (QED) is 0.150. The van der Waals surface area contributed by atoms with Gasteiger partial charge in [-0.25, -0.2) is 9.97 Å². The van der Waals surface area contributed by atoms with Crippen LogP contribution in [0.3, 0.4) is 0 Å². The van der Waals surface area contributed by atoms with E-state index in [2.05, 4.69) is 87.1 Å². The molecular weight excluding hydrogens is 917 g/mol. The molecule has 386 valence electrons. The van der Waals surface area contributed by atoms with Crippen LogP contribution in [0.2, 0.25) is 0 Å². The first-order chi connectivity index (χ1) is 35.3. The lowest BCUT2D eigenvalue weighted by Crippen LogP contribution is -2.59. The molecule has 73 heavy (non-hydrogen) atoms. The van der Waals surface area contributed by atoms with Crippen LogP contribution >= 0.6 is 0 Å². The minimum atomic E-state index is -0.683. The number of aromatic nitrogens is 3. The highest BCUT2D eigenvalue weighted by Gasteiger charge is 2.56. The summed E-state index contributed by atoms with van der Waals surface area (Å²) in [6.45, 7) is 14.5. The lowest BCUT2D eigenvalue weighted by atomic mass is 9.72. The van der Waals surface area contributed by atoms with Gasteiger partial charge in [0.05, 0.1) is 28.9 Å². The maximum atomic E-state index is 15.3. The van der Waals surface area contributed by atoms with Gasteiger partial charge in [0.2, 0.25) is 29.5 Å². The Hall–Kier alpha value is -5.83. The fourth-order valence-electron chi connectivity index (χ4n) is 13.9. The van der Waals surface area contributed by atoms with Crippen LogP contribution < -0.4 is 20.4 Å². The van der Waals surface area contributed by atoms with Crippen molar-refractivity contribution in [2.75, 3.05) is 67.5 Å². The van der Waals surface area contributed by atoms with Gasteiger partial charge in [-0.15, -0.1) is 0 Å². The summed E-state index contributed by atoms with van der Waals surface area (Å²) >= 11 is 0. The van der Waals surface area contributed by atoms with Gasteiger partial charge in [-0.1, -0.05) is 31.5 Å². The summed E-state index contributed by atoms with van der Waals surface area (Å²) in [5.74, 6) is 0.645. The Balaban J connectivity index is 0.706. The van der Waals surface area contributed by atoms with E-state index in [1.54, 1.807) is 0 Å². The first-order valence-electron chi connectivity index (χ1n) is 27.9. The molecule has 8 aliphatic rings. The second-order valence-electron chi connectivity index (χ2n) is 23.7. The number of hydrogen-bond donors (Lipinski definition) is 2. The van der Waals surface area contributed by atoms with Gasteiger partial charge in [-0.3, -0.25) is 29.3 Å². The SMILES string of the molecule is Cc1cc(N2CCC(C(=O)N3CCC(C)(C(=O)N4CCC5(CC4)C(=O)N(C4CC(N6CCCCC6)C4)c4cc(-c6cc7ncn(C(C)C)c7c(NC7CC7)n6)ccc45)CC3)CC2)ccc1[C@H]1CCC(=O)NC1=O. The number of imidazole rings is 1. The summed E-state index contributed by atoms with van der Waals surface area (Å²) in [5.41, 5.74) is 7.76. The van der Waals surface area contributed by atoms with E-state index in [1.807, 2.05) is 29.1 Å². The summed E-state index contributed by atoms with van der Waals surface area (Å²) in [6, 6.07) is 16.3. The van der Waals surface area contributed by atoms with Crippen LogP contribution in [0.25, 0.3) is 22.3 Å². The molecular formula is C58H74N10O5. The molecule has 5 saturated heterocycles. The van der Waals surface area contributed by atoms with E-state index < -0.39 is 10.8 Å². The Morgan fingerprint density at radius 2 is 1.52 bits per heavy atom. The highest BCUT2D eigenvalue weighted by molar-refractivity contribution is 6.09. The molecule has 5 amide bonds. The molecule has 6 aliphatic heterocycles. The number of pyridine rings is 1. The smallest absolute Gasteiger partial charge is 0.238 e. The highest BCUT2D eigenvalue weighted by atomic mass is 16.2. The Morgan fingerprint density at radius 3 is 2.21 bits per heavy atom. The van der Waals surface area contributed by atoms with Gasteiger partial charge in [0.15, 0.2) is 5.82 Å². The number of carbonyl (C=O) groups is 5. The van der Waals surface area contributed by atoms with Crippen molar-refractivity contribution in [2.24, 2.45) is 11.3 Å². The molecule has 2 aromatic heterocycles. The second-order valence-corrected chi connectivity index (χ2v) is 23.7. The van der Waals surface area contributed by atoms with Crippen molar-refractivity contribution < 1.29 is 24.0 Å². The zero-order chi connectivity index (χ0) is 50.3.